The van der Waals surface area contributed by atoms with E-state index in [4.69, 9.17) is 16.0 Å². The summed E-state index contributed by atoms with van der Waals surface area (Å²) in [6.07, 6.45) is 2.77. The molecule has 1 N–H and O–H groups in total. The second-order valence-corrected chi connectivity index (χ2v) is 5.82. The van der Waals surface area contributed by atoms with Gasteiger partial charge in [0.05, 0.1) is 11.1 Å². The number of amides is 1. The van der Waals surface area contributed by atoms with Crippen molar-refractivity contribution in [3.8, 4) is 11.3 Å². The molecule has 4 heterocycles. The number of hydrogen-bond acceptors (Lipinski definition) is 5. The fourth-order valence-corrected chi connectivity index (χ4v) is 2.69. The average molecular weight is 330 g/mol. The van der Waals surface area contributed by atoms with Gasteiger partial charge in [0, 0.05) is 37.1 Å². The molecule has 1 aliphatic rings. The van der Waals surface area contributed by atoms with Crippen LogP contribution < -0.4 is 0 Å². The molecule has 0 spiro atoms. The summed E-state index contributed by atoms with van der Waals surface area (Å²) in [5, 5.41) is 9.75. The van der Waals surface area contributed by atoms with Gasteiger partial charge in [-0.15, -0.1) is 0 Å². The summed E-state index contributed by atoms with van der Waals surface area (Å²) in [4.78, 5) is 22.0. The quantitative estimate of drug-likeness (QED) is 0.780. The van der Waals surface area contributed by atoms with Crippen molar-refractivity contribution in [3.05, 3.63) is 47.4 Å². The number of hydrogen-bond donors (Lipinski definition) is 1. The predicted octanol–water partition coefficient (Wildman–Crippen LogP) is 2.36. The Labute approximate surface area is 136 Å². The molecule has 4 rings (SSSR count). The normalized spacial score (nSPS) is 15.0. The Hall–Kier alpha value is -2.44. The lowest BCUT2D eigenvalue weighted by molar-refractivity contribution is 0.00550. The number of pyridine rings is 2. The van der Waals surface area contributed by atoms with Crippen LogP contribution in [0.3, 0.4) is 0 Å². The van der Waals surface area contributed by atoms with Crippen molar-refractivity contribution in [2.45, 2.75) is 6.10 Å². The molecule has 0 bridgehead atoms. The SMILES string of the molecule is O=C(c1ccc(-c2cc3nccc(Cl)c3o2)cn1)N1CC(O)C1. The molecule has 1 amide bonds. The maximum absolute atomic E-state index is 12.1. The number of halogens is 1. The van der Waals surface area contributed by atoms with Gasteiger partial charge in [-0.1, -0.05) is 11.6 Å². The van der Waals surface area contributed by atoms with Crippen LogP contribution in [0.5, 0.6) is 0 Å². The van der Waals surface area contributed by atoms with Crippen LogP contribution in [0.2, 0.25) is 5.02 Å². The van der Waals surface area contributed by atoms with Crippen molar-refractivity contribution < 1.29 is 14.3 Å². The molecular weight excluding hydrogens is 318 g/mol. The van der Waals surface area contributed by atoms with Crippen molar-refractivity contribution in [3.63, 3.8) is 0 Å². The fourth-order valence-electron chi connectivity index (χ4n) is 2.50. The lowest BCUT2D eigenvalue weighted by Gasteiger charge is -2.35. The highest BCUT2D eigenvalue weighted by Crippen LogP contribution is 2.30. The topological polar surface area (TPSA) is 79.5 Å². The molecule has 0 saturated carbocycles. The summed E-state index contributed by atoms with van der Waals surface area (Å²) in [6, 6.07) is 6.86. The number of furan rings is 1. The number of rotatable bonds is 2. The van der Waals surface area contributed by atoms with Gasteiger partial charge in [0.15, 0.2) is 5.58 Å². The highest BCUT2D eigenvalue weighted by atomic mass is 35.5. The van der Waals surface area contributed by atoms with Gasteiger partial charge in [-0.25, -0.2) is 0 Å². The molecule has 1 fully saturated rings. The van der Waals surface area contributed by atoms with Crippen LogP contribution in [0.1, 0.15) is 10.5 Å². The van der Waals surface area contributed by atoms with Crippen molar-refractivity contribution in [1.29, 1.82) is 0 Å². The maximum atomic E-state index is 12.1. The molecule has 0 aromatic carbocycles. The number of aliphatic hydroxyl groups excluding tert-OH is 1. The molecule has 0 aliphatic carbocycles. The van der Waals surface area contributed by atoms with E-state index in [1.165, 1.54) is 0 Å². The molecular formula is C16H12ClN3O3. The van der Waals surface area contributed by atoms with E-state index in [9.17, 15) is 9.90 Å². The van der Waals surface area contributed by atoms with Crippen molar-refractivity contribution in [2.24, 2.45) is 0 Å². The van der Waals surface area contributed by atoms with Crippen LogP contribution in [0.4, 0.5) is 0 Å². The molecule has 0 atom stereocenters. The standard InChI is InChI=1S/C16H12ClN3O3/c17-11-3-4-18-13-5-14(23-15(11)13)9-1-2-12(19-6-9)16(22)20-7-10(21)8-20/h1-6,10,21H,7-8H2. The molecule has 3 aromatic heterocycles. The summed E-state index contributed by atoms with van der Waals surface area (Å²) >= 11 is 6.07. The average Bonchev–Trinajstić information content (AvgIpc) is 2.97. The van der Waals surface area contributed by atoms with Gasteiger partial charge in [-0.3, -0.25) is 14.8 Å². The smallest absolute Gasteiger partial charge is 0.272 e. The van der Waals surface area contributed by atoms with Gasteiger partial charge in [0.2, 0.25) is 0 Å². The number of fused-ring (bicyclic) bond motifs is 1. The van der Waals surface area contributed by atoms with Gasteiger partial charge in [0.1, 0.15) is 17.0 Å². The summed E-state index contributed by atoms with van der Waals surface area (Å²) < 4.78 is 5.72. The number of carbonyl (C=O) groups excluding carboxylic acids is 1. The van der Waals surface area contributed by atoms with Gasteiger partial charge in [0.25, 0.3) is 5.91 Å². The van der Waals surface area contributed by atoms with E-state index in [0.717, 1.165) is 5.56 Å². The second kappa shape index (κ2) is 5.33. The Morgan fingerprint density at radius 3 is 2.78 bits per heavy atom. The van der Waals surface area contributed by atoms with Crippen molar-refractivity contribution >= 4 is 28.6 Å². The Kier molecular flexibility index (Phi) is 3.28. The first kappa shape index (κ1) is 14.2. The van der Waals surface area contributed by atoms with Crippen LogP contribution >= 0.6 is 11.6 Å². The molecule has 1 saturated heterocycles. The lowest BCUT2D eigenvalue weighted by Crippen LogP contribution is -2.53. The molecule has 116 valence electrons. The third-order valence-corrected chi connectivity index (χ3v) is 4.08. The molecule has 0 radical (unpaired) electrons. The van der Waals surface area contributed by atoms with Gasteiger partial charge in [-0.05, 0) is 18.2 Å². The van der Waals surface area contributed by atoms with Crippen LogP contribution in [0.15, 0.2) is 41.1 Å². The minimum absolute atomic E-state index is 0.184. The van der Waals surface area contributed by atoms with Crippen LogP contribution in [0.25, 0.3) is 22.4 Å². The monoisotopic (exact) mass is 329 g/mol. The number of likely N-dealkylation sites (tertiary alicyclic amines) is 1. The summed E-state index contributed by atoms with van der Waals surface area (Å²) in [7, 11) is 0. The Morgan fingerprint density at radius 1 is 1.30 bits per heavy atom. The number of aromatic nitrogens is 2. The zero-order valence-electron chi connectivity index (χ0n) is 11.9. The van der Waals surface area contributed by atoms with E-state index >= 15 is 0 Å². The minimum atomic E-state index is -0.425. The molecule has 3 aromatic rings. The van der Waals surface area contributed by atoms with Gasteiger partial charge < -0.3 is 14.4 Å². The molecule has 0 unspecified atom stereocenters. The largest absolute Gasteiger partial charge is 0.453 e. The third-order valence-electron chi connectivity index (χ3n) is 3.78. The first-order chi connectivity index (χ1) is 11.1. The van der Waals surface area contributed by atoms with Crippen LogP contribution in [-0.2, 0) is 0 Å². The molecule has 6 nitrogen and oxygen atoms in total. The van der Waals surface area contributed by atoms with E-state index in [1.807, 2.05) is 0 Å². The number of β-amino-alcohol motifs (C(OH)–C–C–N with tert-alkyl or cyclic N) is 1. The third kappa shape index (κ3) is 2.46. The van der Waals surface area contributed by atoms with Gasteiger partial charge >= 0.3 is 0 Å². The Bertz CT molecular complexity index is 885. The zero-order chi connectivity index (χ0) is 16.0. The summed E-state index contributed by atoms with van der Waals surface area (Å²) in [6.45, 7) is 0.714. The number of nitrogens with zero attached hydrogens (tertiary/aromatic N) is 3. The highest BCUT2D eigenvalue weighted by molar-refractivity contribution is 6.34. The van der Waals surface area contributed by atoms with Crippen molar-refractivity contribution in [1.82, 2.24) is 14.9 Å². The predicted molar refractivity (Wildman–Crippen MR) is 84.2 cm³/mol. The van der Waals surface area contributed by atoms with E-state index in [2.05, 4.69) is 9.97 Å². The lowest BCUT2D eigenvalue weighted by atomic mass is 10.1. The summed E-state index contributed by atoms with van der Waals surface area (Å²) in [5.74, 6) is 0.405. The van der Waals surface area contributed by atoms with E-state index in [-0.39, 0.29) is 5.91 Å². The summed E-state index contributed by atoms with van der Waals surface area (Å²) in [5.41, 5.74) is 2.27. The van der Waals surface area contributed by atoms with E-state index in [0.29, 0.717) is 40.7 Å². The first-order valence-electron chi connectivity index (χ1n) is 7.09. The van der Waals surface area contributed by atoms with Crippen LogP contribution in [-0.4, -0.2) is 45.1 Å². The minimum Gasteiger partial charge on any atom is -0.453 e. The molecule has 7 heteroatoms. The maximum Gasteiger partial charge on any atom is 0.272 e. The second-order valence-electron chi connectivity index (χ2n) is 5.41. The van der Waals surface area contributed by atoms with Crippen LogP contribution in [0, 0.1) is 0 Å². The highest BCUT2D eigenvalue weighted by Gasteiger charge is 2.30. The Morgan fingerprint density at radius 2 is 2.13 bits per heavy atom. The molecule has 1 aliphatic heterocycles. The zero-order valence-corrected chi connectivity index (χ0v) is 12.7. The number of carbonyl (C=O) groups is 1. The fraction of sp³-hybridized carbons (Fsp3) is 0.188. The number of aliphatic hydroxyl groups is 1. The Balaban J connectivity index is 1.62. The van der Waals surface area contributed by atoms with Crippen molar-refractivity contribution in [2.75, 3.05) is 13.1 Å². The van der Waals surface area contributed by atoms with E-state index in [1.54, 1.807) is 41.6 Å². The van der Waals surface area contributed by atoms with Gasteiger partial charge in [-0.2, -0.15) is 0 Å². The molecule has 23 heavy (non-hydrogen) atoms. The first-order valence-corrected chi connectivity index (χ1v) is 7.47. The van der Waals surface area contributed by atoms with E-state index < -0.39 is 6.10 Å².